The first-order chi connectivity index (χ1) is 7.40. The van der Waals surface area contributed by atoms with Crippen molar-refractivity contribution in [1.82, 2.24) is 4.90 Å². The lowest BCUT2D eigenvalue weighted by Crippen LogP contribution is -2.50. The van der Waals surface area contributed by atoms with Crippen LogP contribution in [0.3, 0.4) is 0 Å². The third-order valence-corrected chi connectivity index (χ3v) is 3.42. The van der Waals surface area contributed by atoms with Crippen LogP contribution in [-0.4, -0.2) is 35.7 Å². The zero-order valence-corrected chi connectivity index (χ0v) is 10.4. The predicted octanol–water partition coefficient (Wildman–Crippen LogP) is 1.59. The Bertz CT molecular complexity index is 285. The van der Waals surface area contributed by atoms with Gasteiger partial charge in [-0.25, -0.2) is 4.79 Å². The highest BCUT2D eigenvalue weighted by atomic mass is 16.6. The summed E-state index contributed by atoms with van der Waals surface area (Å²) in [5, 5.41) is 0. The van der Waals surface area contributed by atoms with Crippen LogP contribution in [0.5, 0.6) is 0 Å². The van der Waals surface area contributed by atoms with E-state index in [2.05, 4.69) is 0 Å². The number of nitrogens with zero attached hydrogens (tertiary/aromatic N) is 1. The highest BCUT2D eigenvalue weighted by Crippen LogP contribution is 2.47. The number of piperidine rings is 1. The molecule has 0 aromatic heterocycles. The highest BCUT2D eigenvalue weighted by Gasteiger charge is 2.47. The SMILES string of the molecule is CC(C)(C)OC(=O)N1C[C@@H]2C[C@@H]2CC1CN. The molecular formula is C12H22N2O2. The zero-order valence-electron chi connectivity index (χ0n) is 10.4. The molecule has 0 aromatic carbocycles. The molecule has 3 atom stereocenters. The van der Waals surface area contributed by atoms with Gasteiger partial charge >= 0.3 is 6.09 Å². The number of rotatable bonds is 1. The van der Waals surface area contributed by atoms with Crippen LogP contribution in [0.25, 0.3) is 0 Å². The second-order valence-electron chi connectivity index (χ2n) is 6.01. The summed E-state index contributed by atoms with van der Waals surface area (Å²) < 4.78 is 5.41. The molecule has 0 radical (unpaired) electrons. The van der Waals surface area contributed by atoms with Crippen LogP contribution in [-0.2, 0) is 4.74 Å². The van der Waals surface area contributed by atoms with Gasteiger partial charge in [0.05, 0.1) is 0 Å². The Kier molecular flexibility index (Phi) is 2.86. The standard InChI is InChI=1S/C12H22N2O2/c1-12(2,3)16-11(15)14-7-9-4-8(9)5-10(14)6-13/h8-10H,4-7,13H2,1-3H3/t8-,9+,10?/m1/s1. The molecular weight excluding hydrogens is 204 g/mol. The average Bonchev–Trinajstić information content (AvgIpc) is 2.90. The van der Waals surface area contributed by atoms with Gasteiger partial charge in [-0.05, 0) is 45.4 Å². The Labute approximate surface area is 97.1 Å². The fourth-order valence-corrected chi connectivity index (χ4v) is 2.47. The van der Waals surface area contributed by atoms with Crippen LogP contribution < -0.4 is 5.73 Å². The molecule has 1 unspecified atom stereocenters. The third-order valence-electron chi connectivity index (χ3n) is 3.42. The van der Waals surface area contributed by atoms with E-state index in [0.29, 0.717) is 12.5 Å². The van der Waals surface area contributed by atoms with E-state index in [1.165, 1.54) is 6.42 Å². The summed E-state index contributed by atoms with van der Waals surface area (Å²) in [4.78, 5) is 13.8. The van der Waals surface area contributed by atoms with E-state index in [1.807, 2.05) is 25.7 Å². The summed E-state index contributed by atoms with van der Waals surface area (Å²) in [5.41, 5.74) is 5.31. The number of hydrogen-bond acceptors (Lipinski definition) is 3. The summed E-state index contributed by atoms with van der Waals surface area (Å²) in [6, 6.07) is 0.179. The predicted molar refractivity (Wildman–Crippen MR) is 62.0 cm³/mol. The summed E-state index contributed by atoms with van der Waals surface area (Å²) in [5.74, 6) is 1.52. The number of hydrogen-bond donors (Lipinski definition) is 1. The van der Waals surface area contributed by atoms with Crippen molar-refractivity contribution in [2.45, 2.75) is 45.3 Å². The molecule has 2 fully saturated rings. The van der Waals surface area contributed by atoms with Crippen LogP contribution in [0.4, 0.5) is 4.79 Å². The lowest BCUT2D eigenvalue weighted by molar-refractivity contribution is 0.00975. The number of likely N-dealkylation sites (tertiary alicyclic amines) is 1. The lowest BCUT2D eigenvalue weighted by Gasteiger charge is -2.35. The monoisotopic (exact) mass is 226 g/mol. The first kappa shape index (κ1) is 11.7. The zero-order chi connectivity index (χ0) is 11.9. The van der Waals surface area contributed by atoms with Crippen LogP contribution in [0, 0.1) is 11.8 Å². The number of carbonyl (C=O) groups is 1. The third kappa shape index (κ3) is 2.48. The Morgan fingerprint density at radius 1 is 1.38 bits per heavy atom. The van der Waals surface area contributed by atoms with Crippen molar-refractivity contribution in [3.8, 4) is 0 Å². The van der Waals surface area contributed by atoms with E-state index < -0.39 is 5.60 Å². The Balaban J connectivity index is 1.98. The van der Waals surface area contributed by atoms with E-state index in [0.717, 1.165) is 18.9 Å². The maximum Gasteiger partial charge on any atom is 0.410 e. The maximum atomic E-state index is 12.0. The first-order valence-electron chi connectivity index (χ1n) is 6.10. The van der Waals surface area contributed by atoms with Gasteiger partial charge in [-0.15, -0.1) is 0 Å². The molecule has 92 valence electrons. The van der Waals surface area contributed by atoms with E-state index in [1.54, 1.807) is 0 Å². The molecule has 1 amide bonds. The van der Waals surface area contributed by atoms with Gasteiger partial charge in [0.25, 0.3) is 0 Å². The van der Waals surface area contributed by atoms with Gasteiger partial charge in [0.15, 0.2) is 0 Å². The molecule has 0 aromatic rings. The van der Waals surface area contributed by atoms with Crippen LogP contribution >= 0.6 is 0 Å². The minimum atomic E-state index is -0.420. The highest BCUT2D eigenvalue weighted by molar-refractivity contribution is 5.69. The molecule has 0 bridgehead atoms. The molecule has 2 rings (SSSR count). The molecule has 16 heavy (non-hydrogen) atoms. The van der Waals surface area contributed by atoms with Crippen LogP contribution in [0.1, 0.15) is 33.6 Å². The molecule has 2 aliphatic rings. The second kappa shape index (κ2) is 3.91. The lowest BCUT2D eigenvalue weighted by atomic mass is 10.0. The molecule has 1 aliphatic heterocycles. The van der Waals surface area contributed by atoms with Crippen LogP contribution in [0.2, 0.25) is 0 Å². The normalized spacial score (nSPS) is 33.2. The van der Waals surface area contributed by atoms with Gasteiger partial charge in [0, 0.05) is 19.1 Å². The molecule has 1 heterocycles. The maximum absolute atomic E-state index is 12.0. The number of amides is 1. The second-order valence-corrected chi connectivity index (χ2v) is 6.01. The van der Waals surface area contributed by atoms with E-state index in [4.69, 9.17) is 10.5 Å². The fraction of sp³-hybridized carbons (Fsp3) is 0.917. The van der Waals surface area contributed by atoms with Gasteiger partial charge in [-0.3, -0.25) is 0 Å². The summed E-state index contributed by atoms with van der Waals surface area (Å²) in [7, 11) is 0. The van der Waals surface area contributed by atoms with Crippen molar-refractivity contribution < 1.29 is 9.53 Å². The van der Waals surface area contributed by atoms with Gasteiger partial charge in [-0.1, -0.05) is 0 Å². The summed E-state index contributed by atoms with van der Waals surface area (Å²) in [6.45, 7) is 7.06. The first-order valence-corrected chi connectivity index (χ1v) is 6.10. The van der Waals surface area contributed by atoms with Crippen molar-refractivity contribution in [2.24, 2.45) is 17.6 Å². The molecule has 1 aliphatic carbocycles. The number of nitrogens with two attached hydrogens (primary N) is 1. The van der Waals surface area contributed by atoms with Gasteiger partial charge in [-0.2, -0.15) is 0 Å². The molecule has 4 heteroatoms. The number of carbonyl (C=O) groups excluding carboxylic acids is 1. The van der Waals surface area contributed by atoms with Crippen molar-refractivity contribution in [1.29, 1.82) is 0 Å². The molecule has 0 spiro atoms. The Morgan fingerprint density at radius 2 is 2.06 bits per heavy atom. The minimum Gasteiger partial charge on any atom is -0.444 e. The molecule has 4 nitrogen and oxygen atoms in total. The van der Waals surface area contributed by atoms with Gasteiger partial charge in [0.2, 0.25) is 0 Å². The largest absolute Gasteiger partial charge is 0.444 e. The number of fused-ring (bicyclic) bond motifs is 1. The Morgan fingerprint density at radius 3 is 2.62 bits per heavy atom. The van der Waals surface area contributed by atoms with E-state index >= 15 is 0 Å². The summed E-state index contributed by atoms with van der Waals surface area (Å²) in [6.07, 6.45) is 2.12. The quantitative estimate of drug-likeness (QED) is 0.738. The van der Waals surface area contributed by atoms with E-state index in [-0.39, 0.29) is 12.1 Å². The van der Waals surface area contributed by atoms with Crippen LogP contribution in [0.15, 0.2) is 0 Å². The van der Waals surface area contributed by atoms with Crippen molar-refractivity contribution >= 4 is 6.09 Å². The minimum absolute atomic E-state index is 0.179. The smallest absolute Gasteiger partial charge is 0.410 e. The van der Waals surface area contributed by atoms with Crippen molar-refractivity contribution in [3.05, 3.63) is 0 Å². The fourth-order valence-electron chi connectivity index (χ4n) is 2.47. The molecule has 1 saturated carbocycles. The number of ether oxygens (including phenoxy) is 1. The van der Waals surface area contributed by atoms with Gasteiger partial charge < -0.3 is 15.4 Å². The van der Waals surface area contributed by atoms with Gasteiger partial charge in [0.1, 0.15) is 5.60 Å². The van der Waals surface area contributed by atoms with E-state index in [9.17, 15) is 4.79 Å². The molecule has 2 N–H and O–H groups in total. The van der Waals surface area contributed by atoms with Crippen molar-refractivity contribution in [3.63, 3.8) is 0 Å². The van der Waals surface area contributed by atoms with Crippen molar-refractivity contribution in [2.75, 3.05) is 13.1 Å². The summed E-state index contributed by atoms with van der Waals surface area (Å²) >= 11 is 0. The topological polar surface area (TPSA) is 55.6 Å². The molecule has 1 saturated heterocycles. The average molecular weight is 226 g/mol. The Hall–Kier alpha value is -0.770.